The van der Waals surface area contributed by atoms with Crippen molar-refractivity contribution in [2.24, 2.45) is 5.92 Å². The summed E-state index contributed by atoms with van der Waals surface area (Å²) in [5, 5.41) is 6.05. The Balaban J connectivity index is 2.00. The predicted molar refractivity (Wildman–Crippen MR) is 78.3 cm³/mol. The normalized spacial score (nSPS) is 21.0. The van der Waals surface area contributed by atoms with Gasteiger partial charge in [-0.2, -0.15) is 0 Å². The van der Waals surface area contributed by atoms with Crippen molar-refractivity contribution in [1.29, 1.82) is 0 Å². The van der Waals surface area contributed by atoms with E-state index >= 15 is 0 Å². The molecule has 0 aliphatic heterocycles. The fourth-order valence-electron chi connectivity index (χ4n) is 2.60. The molecule has 1 aliphatic rings. The molecule has 1 aromatic rings. The maximum atomic E-state index is 5.61. The Kier molecular flexibility index (Phi) is 5.22. The summed E-state index contributed by atoms with van der Waals surface area (Å²) in [6, 6.07) is 3.29. The second-order valence-electron chi connectivity index (χ2n) is 5.42. The van der Waals surface area contributed by atoms with Crippen LogP contribution >= 0.6 is 11.3 Å². The van der Waals surface area contributed by atoms with Crippen LogP contribution in [0.1, 0.15) is 50.1 Å². The average Bonchev–Trinajstić information content (AvgIpc) is 2.83. The number of hydrogen-bond acceptors (Lipinski definition) is 3. The lowest BCUT2D eigenvalue weighted by Crippen LogP contribution is -2.41. The number of thiophene rings is 1. The van der Waals surface area contributed by atoms with Gasteiger partial charge in [-0.25, -0.2) is 0 Å². The van der Waals surface area contributed by atoms with Crippen LogP contribution in [0, 0.1) is 5.92 Å². The average molecular weight is 267 g/mol. The van der Waals surface area contributed by atoms with Crippen molar-refractivity contribution in [3.63, 3.8) is 0 Å². The summed E-state index contributed by atoms with van der Waals surface area (Å²) in [5.41, 5.74) is 1.54. The van der Waals surface area contributed by atoms with E-state index in [1.165, 1.54) is 24.8 Å². The second-order valence-corrected chi connectivity index (χ2v) is 6.42. The molecule has 0 fully saturated rings. The first-order valence-corrected chi connectivity index (χ1v) is 8.00. The summed E-state index contributed by atoms with van der Waals surface area (Å²) in [6.45, 7) is 8.24. The molecule has 1 heterocycles. The molecule has 2 rings (SSSR count). The smallest absolute Gasteiger partial charge is 0.0622 e. The van der Waals surface area contributed by atoms with Crippen molar-refractivity contribution in [3.8, 4) is 0 Å². The van der Waals surface area contributed by atoms with Gasteiger partial charge in [-0.1, -0.05) is 13.8 Å². The third-order valence-corrected chi connectivity index (χ3v) is 4.77. The van der Waals surface area contributed by atoms with Crippen LogP contribution in [-0.2, 0) is 11.2 Å². The van der Waals surface area contributed by atoms with Crippen molar-refractivity contribution in [3.05, 3.63) is 21.9 Å². The van der Waals surface area contributed by atoms with E-state index < -0.39 is 0 Å². The zero-order valence-electron chi connectivity index (χ0n) is 11.7. The monoisotopic (exact) mass is 267 g/mol. The summed E-state index contributed by atoms with van der Waals surface area (Å²) in [6.07, 6.45) is 3.84. The largest absolute Gasteiger partial charge is 0.380 e. The Labute approximate surface area is 115 Å². The molecule has 3 heteroatoms. The molecular weight excluding hydrogens is 242 g/mol. The van der Waals surface area contributed by atoms with Gasteiger partial charge in [0.2, 0.25) is 0 Å². The van der Waals surface area contributed by atoms with Gasteiger partial charge >= 0.3 is 0 Å². The molecule has 0 aromatic carbocycles. The molecule has 2 nitrogen and oxygen atoms in total. The Morgan fingerprint density at radius 1 is 1.50 bits per heavy atom. The van der Waals surface area contributed by atoms with E-state index in [0.717, 1.165) is 13.2 Å². The molecule has 1 N–H and O–H groups in total. The van der Waals surface area contributed by atoms with Crippen LogP contribution in [0.25, 0.3) is 0 Å². The number of nitrogens with one attached hydrogen (secondary N) is 1. The lowest BCUT2D eigenvalue weighted by atomic mass is 9.92. The first-order valence-electron chi connectivity index (χ1n) is 7.12. The summed E-state index contributed by atoms with van der Waals surface area (Å²) in [4.78, 5) is 1.58. The summed E-state index contributed by atoms with van der Waals surface area (Å²) < 4.78 is 5.61. The predicted octanol–water partition coefficient (Wildman–Crippen LogP) is 3.78. The quantitative estimate of drug-likeness (QED) is 0.847. The van der Waals surface area contributed by atoms with Gasteiger partial charge in [-0.05, 0) is 49.1 Å². The molecule has 0 radical (unpaired) electrons. The third-order valence-electron chi connectivity index (χ3n) is 3.77. The molecule has 2 unspecified atom stereocenters. The molecular formula is C15H25NOS. The third kappa shape index (κ3) is 3.34. The van der Waals surface area contributed by atoms with Gasteiger partial charge in [0.1, 0.15) is 0 Å². The number of rotatable bonds is 6. The van der Waals surface area contributed by atoms with E-state index in [1.54, 1.807) is 4.88 Å². The number of ether oxygens (including phenoxy) is 1. The van der Waals surface area contributed by atoms with Crippen LogP contribution in [0.3, 0.4) is 0 Å². The maximum absolute atomic E-state index is 5.61. The second kappa shape index (κ2) is 6.69. The highest BCUT2D eigenvalue weighted by Crippen LogP contribution is 2.33. The lowest BCUT2D eigenvalue weighted by Gasteiger charge is -2.31. The highest BCUT2D eigenvalue weighted by molar-refractivity contribution is 7.10. The first kappa shape index (κ1) is 14.0. The van der Waals surface area contributed by atoms with Crippen LogP contribution < -0.4 is 5.32 Å². The SMILES string of the molecule is CCOCC(NC1CCCc2sccc21)C(C)C. The zero-order valence-corrected chi connectivity index (χ0v) is 12.6. The van der Waals surface area contributed by atoms with Gasteiger partial charge in [0, 0.05) is 23.6 Å². The summed E-state index contributed by atoms with van der Waals surface area (Å²) >= 11 is 1.91. The highest BCUT2D eigenvalue weighted by Gasteiger charge is 2.24. The molecule has 0 bridgehead atoms. The number of hydrogen-bond donors (Lipinski definition) is 1. The summed E-state index contributed by atoms with van der Waals surface area (Å²) in [7, 11) is 0. The lowest BCUT2D eigenvalue weighted by molar-refractivity contribution is 0.102. The van der Waals surface area contributed by atoms with Crippen LogP contribution in [0.2, 0.25) is 0 Å². The van der Waals surface area contributed by atoms with Gasteiger partial charge in [0.15, 0.2) is 0 Å². The molecule has 102 valence electrons. The minimum atomic E-state index is 0.459. The molecule has 0 spiro atoms. The van der Waals surface area contributed by atoms with Crippen LogP contribution in [0.4, 0.5) is 0 Å². The van der Waals surface area contributed by atoms with Crippen molar-refractivity contribution in [1.82, 2.24) is 5.32 Å². The van der Waals surface area contributed by atoms with Crippen molar-refractivity contribution >= 4 is 11.3 Å². The maximum Gasteiger partial charge on any atom is 0.0622 e. The minimum absolute atomic E-state index is 0.459. The zero-order chi connectivity index (χ0) is 13.0. The minimum Gasteiger partial charge on any atom is -0.380 e. The molecule has 18 heavy (non-hydrogen) atoms. The van der Waals surface area contributed by atoms with Crippen LogP contribution in [0.15, 0.2) is 11.4 Å². The fourth-order valence-corrected chi connectivity index (χ4v) is 3.58. The van der Waals surface area contributed by atoms with E-state index in [9.17, 15) is 0 Å². The van der Waals surface area contributed by atoms with Gasteiger partial charge in [0.05, 0.1) is 6.61 Å². The summed E-state index contributed by atoms with van der Waals surface area (Å²) in [5.74, 6) is 0.612. The van der Waals surface area contributed by atoms with Gasteiger partial charge in [0.25, 0.3) is 0 Å². The van der Waals surface area contributed by atoms with Crippen molar-refractivity contribution < 1.29 is 4.74 Å². The Bertz CT molecular complexity index is 361. The molecule has 0 saturated heterocycles. The van der Waals surface area contributed by atoms with Gasteiger partial charge < -0.3 is 10.1 Å². The van der Waals surface area contributed by atoms with Crippen LogP contribution in [0.5, 0.6) is 0 Å². The topological polar surface area (TPSA) is 21.3 Å². The van der Waals surface area contributed by atoms with Crippen molar-refractivity contribution in [2.45, 2.75) is 52.1 Å². The standard InChI is InChI=1S/C15H25NOS/c1-4-17-10-14(11(2)3)16-13-6-5-7-15-12(13)8-9-18-15/h8-9,11,13-14,16H,4-7,10H2,1-3H3. The number of aryl methyl sites for hydroxylation is 1. The van der Waals surface area contributed by atoms with Crippen LogP contribution in [-0.4, -0.2) is 19.3 Å². The highest BCUT2D eigenvalue weighted by atomic mass is 32.1. The first-order chi connectivity index (χ1) is 8.72. The van der Waals surface area contributed by atoms with E-state index in [2.05, 4.69) is 37.5 Å². The Morgan fingerprint density at radius 3 is 3.06 bits per heavy atom. The number of fused-ring (bicyclic) bond motifs is 1. The van der Waals surface area contributed by atoms with Gasteiger partial charge in [-0.15, -0.1) is 11.3 Å². The van der Waals surface area contributed by atoms with Gasteiger partial charge in [-0.3, -0.25) is 0 Å². The molecule has 0 amide bonds. The molecule has 2 atom stereocenters. The van der Waals surface area contributed by atoms with E-state index in [1.807, 2.05) is 11.3 Å². The molecule has 0 saturated carbocycles. The fraction of sp³-hybridized carbons (Fsp3) is 0.733. The van der Waals surface area contributed by atoms with E-state index in [-0.39, 0.29) is 0 Å². The Morgan fingerprint density at radius 2 is 2.33 bits per heavy atom. The van der Waals surface area contributed by atoms with E-state index in [4.69, 9.17) is 4.74 Å². The molecule has 1 aliphatic carbocycles. The van der Waals surface area contributed by atoms with Crippen molar-refractivity contribution in [2.75, 3.05) is 13.2 Å². The van der Waals surface area contributed by atoms with E-state index in [0.29, 0.717) is 18.0 Å². The Hall–Kier alpha value is -0.380. The molecule has 1 aromatic heterocycles.